The third kappa shape index (κ3) is 2.90. The smallest absolute Gasteiger partial charge is 0.113 e. The van der Waals surface area contributed by atoms with E-state index in [2.05, 4.69) is 30.5 Å². The van der Waals surface area contributed by atoms with Crippen molar-refractivity contribution in [3.8, 4) is 11.3 Å². The summed E-state index contributed by atoms with van der Waals surface area (Å²) in [5.74, 6) is 0.851. The van der Waals surface area contributed by atoms with Crippen molar-refractivity contribution in [2.75, 3.05) is 0 Å². The Bertz CT molecular complexity index is 593. The summed E-state index contributed by atoms with van der Waals surface area (Å²) >= 11 is 1.70. The SMILES string of the molecule is CCC1CCC(N)(c2nc(-c3cnn(CC)c3)cs2)CC1. The molecular formula is C16H24N4S. The van der Waals surface area contributed by atoms with Crippen molar-refractivity contribution in [2.45, 2.75) is 58.0 Å². The van der Waals surface area contributed by atoms with Crippen molar-refractivity contribution in [2.24, 2.45) is 11.7 Å². The maximum Gasteiger partial charge on any atom is 0.113 e. The minimum atomic E-state index is -0.213. The van der Waals surface area contributed by atoms with Crippen LogP contribution in [0, 0.1) is 5.92 Å². The van der Waals surface area contributed by atoms with Crippen LogP contribution in [-0.4, -0.2) is 14.8 Å². The van der Waals surface area contributed by atoms with Crippen molar-refractivity contribution in [1.29, 1.82) is 0 Å². The molecular weight excluding hydrogens is 280 g/mol. The molecule has 0 bridgehead atoms. The Labute approximate surface area is 130 Å². The van der Waals surface area contributed by atoms with E-state index in [0.29, 0.717) is 0 Å². The maximum absolute atomic E-state index is 6.65. The van der Waals surface area contributed by atoms with Gasteiger partial charge in [-0.25, -0.2) is 4.98 Å². The van der Waals surface area contributed by atoms with E-state index in [1.165, 1.54) is 19.3 Å². The molecule has 0 unspecified atom stereocenters. The van der Waals surface area contributed by atoms with Crippen LogP contribution in [0.4, 0.5) is 0 Å². The lowest BCUT2D eigenvalue weighted by atomic mass is 9.76. The summed E-state index contributed by atoms with van der Waals surface area (Å²) in [6, 6.07) is 0. The van der Waals surface area contributed by atoms with Gasteiger partial charge >= 0.3 is 0 Å². The standard InChI is InChI=1S/C16H24N4S/c1-3-12-5-7-16(17,8-6-12)15-19-14(11-21-15)13-9-18-20(4-2)10-13/h9-12H,3-8,17H2,1-2H3. The molecule has 0 spiro atoms. The van der Waals surface area contributed by atoms with Crippen LogP contribution >= 0.6 is 11.3 Å². The van der Waals surface area contributed by atoms with Crippen LogP contribution in [0.1, 0.15) is 51.0 Å². The van der Waals surface area contributed by atoms with Crippen LogP contribution < -0.4 is 5.73 Å². The van der Waals surface area contributed by atoms with Gasteiger partial charge in [-0.15, -0.1) is 11.3 Å². The van der Waals surface area contributed by atoms with Crippen molar-refractivity contribution >= 4 is 11.3 Å². The van der Waals surface area contributed by atoms with Gasteiger partial charge < -0.3 is 5.73 Å². The largest absolute Gasteiger partial charge is 0.319 e. The molecule has 1 saturated carbocycles. The lowest BCUT2D eigenvalue weighted by Gasteiger charge is -2.35. The molecule has 0 radical (unpaired) electrons. The fourth-order valence-electron chi connectivity index (χ4n) is 3.12. The van der Waals surface area contributed by atoms with Gasteiger partial charge in [0, 0.05) is 23.7 Å². The van der Waals surface area contributed by atoms with E-state index in [0.717, 1.165) is 41.6 Å². The number of thiazole rings is 1. The molecule has 2 aromatic rings. The van der Waals surface area contributed by atoms with E-state index < -0.39 is 0 Å². The zero-order valence-electron chi connectivity index (χ0n) is 12.9. The number of aromatic nitrogens is 3. The Morgan fingerprint density at radius 3 is 2.76 bits per heavy atom. The number of aryl methyl sites for hydroxylation is 1. The minimum Gasteiger partial charge on any atom is -0.319 e. The molecule has 5 heteroatoms. The first-order chi connectivity index (χ1) is 10.1. The molecule has 21 heavy (non-hydrogen) atoms. The number of nitrogens with two attached hydrogens (primary N) is 1. The van der Waals surface area contributed by atoms with Crippen LogP contribution in [0.2, 0.25) is 0 Å². The van der Waals surface area contributed by atoms with Gasteiger partial charge in [0.15, 0.2) is 0 Å². The Morgan fingerprint density at radius 2 is 2.14 bits per heavy atom. The van der Waals surface area contributed by atoms with Gasteiger partial charge in [0.05, 0.1) is 17.4 Å². The second kappa shape index (κ2) is 5.89. The maximum atomic E-state index is 6.65. The quantitative estimate of drug-likeness (QED) is 0.935. The van der Waals surface area contributed by atoms with E-state index in [-0.39, 0.29) is 5.54 Å². The van der Waals surface area contributed by atoms with Gasteiger partial charge in [0.2, 0.25) is 0 Å². The van der Waals surface area contributed by atoms with E-state index in [9.17, 15) is 0 Å². The summed E-state index contributed by atoms with van der Waals surface area (Å²) in [5.41, 5.74) is 8.53. The molecule has 0 atom stereocenters. The topological polar surface area (TPSA) is 56.7 Å². The average molecular weight is 304 g/mol. The van der Waals surface area contributed by atoms with E-state index in [1.54, 1.807) is 11.3 Å². The fourth-order valence-corrected chi connectivity index (χ4v) is 4.12. The normalized spacial score (nSPS) is 26.1. The predicted octanol–water partition coefficient (Wildman–Crippen LogP) is 3.78. The van der Waals surface area contributed by atoms with Crippen LogP contribution in [0.3, 0.4) is 0 Å². The molecule has 3 rings (SSSR count). The zero-order valence-corrected chi connectivity index (χ0v) is 13.7. The Morgan fingerprint density at radius 1 is 1.38 bits per heavy atom. The summed E-state index contributed by atoms with van der Waals surface area (Å²) in [4.78, 5) is 4.81. The summed E-state index contributed by atoms with van der Waals surface area (Å²) in [6.07, 6.45) is 9.80. The highest BCUT2D eigenvalue weighted by atomic mass is 32.1. The highest BCUT2D eigenvalue weighted by Crippen LogP contribution is 2.40. The second-order valence-corrected chi connectivity index (χ2v) is 6.99. The molecule has 4 nitrogen and oxygen atoms in total. The lowest BCUT2D eigenvalue weighted by molar-refractivity contribution is 0.231. The van der Waals surface area contributed by atoms with E-state index >= 15 is 0 Å². The van der Waals surface area contributed by atoms with E-state index in [4.69, 9.17) is 10.7 Å². The van der Waals surface area contributed by atoms with Gasteiger partial charge in [-0.3, -0.25) is 4.68 Å². The summed E-state index contributed by atoms with van der Waals surface area (Å²) < 4.78 is 1.93. The molecule has 114 valence electrons. The molecule has 2 aromatic heterocycles. The van der Waals surface area contributed by atoms with Crippen molar-refractivity contribution < 1.29 is 0 Å². The summed E-state index contributed by atoms with van der Waals surface area (Å²) in [5, 5.41) is 7.53. The molecule has 1 aliphatic carbocycles. The number of hydrogen-bond acceptors (Lipinski definition) is 4. The first-order valence-electron chi connectivity index (χ1n) is 7.92. The highest BCUT2D eigenvalue weighted by molar-refractivity contribution is 7.10. The predicted molar refractivity (Wildman–Crippen MR) is 87.1 cm³/mol. The van der Waals surface area contributed by atoms with Gasteiger partial charge in [-0.1, -0.05) is 13.3 Å². The molecule has 1 fully saturated rings. The lowest BCUT2D eigenvalue weighted by Crippen LogP contribution is -2.40. The number of nitrogens with zero attached hydrogens (tertiary/aromatic N) is 3. The molecule has 0 aromatic carbocycles. The Hall–Kier alpha value is -1.20. The number of hydrogen-bond donors (Lipinski definition) is 1. The molecule has 0 amide bonds. The van der Waals surface area contributed by atoms with Gasteiger partial charge in [-0.05, 0) is 38.5 Å². The molecule has 2 heterocycles. The first kappa shape index (κ1) is 14.7. The van der Waals surface area contributed by atoms with Crippen LogP contribution in [0.15, 0.2) is 17.8 Å². The van der Waals surface area contributed by atoms with Crippen LogP contribution in [0.5, 0.6) is 0 Å². The van der Waals surface area contributed by atoms with Gasteiger partial charge in [-0.2, -0.15) is 5.10 Å². The Kier molecular flexibility index (Phi) is 4.13. The van der Waals surface area contributed by atoms with Crippen LogP contribution in [0.25, 0.3) is 11.3 Å². The van der Waals surface area contributed by atoms with E-state index in [1.807, 2.05) is 10.9 Å². The third-order valence-corrected chi connectivity index (χ3v) is 5.82. The van der Waals surface area contributed by atoms with Crippen molar-refractivity contribution in [1.82, 2.24) is 14.8 Å². The third-order valence-electron chi connectivity index (χ3n) is 4.76. The van der Waals surface area contributed by atoms with Gasteiger partial charge in [0.1, 0.15) is 5.01 Å². The molecule has 1 aliphatic rings. The Balaban J connectivity index is 1.78. The summed E-state index contributed by atoms with van der Waals surface area (Å²) in [7, 11) is 0. The monoisotopic (exact) mass is 304 g/mol. The molecule has 0 aliphatic heterocycles. The average Bonchev–Trinajstić information content (AvgIpc) is 3.17. The highest BCUT2D eigenvalue weighted by Gasteiger charge is 2.35. The summed E-state index contributed by atoms with van der Waals surface area (Å²) in [6.45, 7) is 5.25. The first-order valence-corrected chi connectivity index (χ1v) is 8.80. The molecule has 0 saturated heterocycles. The van der Waals surface area contributed by atoms with Crippen molar-refractivity contribution in [3.05, 3.63) is 22.8 Å². The van der Waals surface area contributed by atoms with Gasteiger partial charge in [0.25, 0.3) is 0 Å². The zero-order chi connectivity index (χ0) is 14.9. The fraction of sp³-hybridized carbons (Fsp3) is 0.625. The molecule has 2 N–H and O–H groups in total. The van der Waals surface area contributed by atoms with Crippen molar-refractivity contribution in [3.63, 3.8) is 0 Å². The number of rotatable bonds is 4. The minimum absolute atomic E-state index is 0.213. The van der Waals surface area contributed by atoms with Crippen LogP contribution in [-0.2, 0) is 12.1 Å². The second-order valence-electron chi connectivity index (χ2n) is 6.13.